The van der Waals surface area contributed by atoms with Gasteiger partial charge < -0.3 is 10.1 Å². The van der Waals surface area contributed by atoms with E-state index in [9.17, 15) is 0 Å². The van der Waals surface area contributed by atoms with E-state index in [0.29, 0.717) is 12.1 Å². The van der Waals surface area contributed by atoms with E-state index in [1.807, 2.05) is 0 Å². The molecule has 0 radical (unpaired) electrons. The van der Waals surface area contributed by atoms with E-state index in [4.69, 9.17) is 4.74 Å². The van der Waals surface area contributed by atoms with Crippen molar-refractivity contribution in [1.82, 2.24) is 10.6 Å². The summed E-state index contributed by atoms with van der Waals surface area (Å²) in [6, 6.07) is 0.556. The first-order valence-electron chi connectivity index (χ1n) is 4.48. The number of hydrogen-bond acceptors (Lipinski definition) is 3. The van der Waals surface area contributed by atoms with E-state index >= 15 is 0 Å². The highest BCUT2D eigenvalue weighted by Crippen LogP contribution is 2.15. The number of nitrogens with one attached hydrogen (secondary N) is 2. The Morgan fingerprint density at radius 3 is 2.82 bits per heavy atom. The molecule has 0 bridgehead atoms. The molecular formula is C8H16N2O. The minimum absolute atomic E-state index is 0.271. The van der Waals surface area contributed by atoms with Crippen LogP contribution in [0.1, 0.15) is 19.8 Å². The van der Waals surface area contributed by atoms with Crippen LogP contribution in [-0.2, 0) is 4.74 Å². The van der Waals surface area contributed by atoms with Gasteiger partial charge in [0, 0.05) is 12.6 Å². The fourth-order valence-corrected chi connectivity index (χ4v) is 1.84. The van der Waals surface area contributed by atoms with Gasteiger partial charge in [-0.3, -0.25) is 5.32 Å². The molecule has 3 nitrogen and oxygen atoms in total. The first-order chi connectivity index (χ1) is 5.36. The molecule has 0 aromatic heterocycles. The van der Waals surface area contributed by atoms with Crippen molar-refractivity contribution in [3.05, 3.63) is 0 Å². The lowest BCUT2D eigenvalue weighted by atomic mass is 10.2. The second kappa shape index (κ2) is 3.09. The average Bonchev–Trinajstić information content (AvgIpc) is 2.55. The highest BCUT2D eigenvalue weighted by molar-refractivity contribution is 4.85. The van der Waals surface area contributed by atoms with Crippen molar-refractivity contribution in [2.24, 2.45) is 0 Å². The second-order valence-corrected chi connectivity index (χ2v) is 3.48. The molecule has 2 saturated heterocycles. The minimum atomic E-state index is 0.271. The molecule has 3 heteroatoms. The smallest absolute Gasteiger partial charge is 0.124 e. The largest absolute Gasteiger partial charge is 0.357 e. The van der Waals surface area contributed by atoms with E-state index in [2.05, 4.69) is 17.6 Å². The Morgan fingerprint density at radius 2 is 2.27 bits per heavy atom. The van der Waals surface area contributed by atoms with Crippen molar-refractivity contribution in [2.45, 2.75) is 38.1 Å². The SMILES string of the molecule is CC1CNC(C2CCCN2)O1. The summed E-state index contributed by atoms with van der Waals surface area (Å²) in [5, 5.41) is 6.80. The first-order valence-corrected chi connectivity index (χ1v) is 4.48. The van der Waals surface area contributed by atoms with Crippen LogP contribution in [-0.4, -0.2) is 31.5 Å². The summed E-state index contributed by atoms with van der Waals surface area (Å²) >= 11 is 0. The average molecular weight is 156 g/mol. The van der Waals surface area contributed by atoms with Crippen molar-refractivity contribution in [1.29, 1.82) is 0 Å². The van der Waals surface area contributed by atoms with E-state index in [0.717, 1.165) is 13.1 Å². The van der Waals surface area contributed by atoms with E-state index in [1.54, 1.807) is 0 Å². The molecule has 0 spiro atoms. The van der Waals surface area contributed by atoms with Gasteiger partial charge in [-0.25, -0.2) is 0 Å². The lowest BCUT2D eigenvalue weighted by Gasteiger charge is -2.18. The maximum absolute atomic E-state index is 5.67. The predicted octanol–water partition coefficient (Wildman–Crippen LogP) is 0.0728. The van der Waals surface area contributed by atoms with Crippen LogP contribution in [0.5, 0.6) is 0 Å². The van der Waals surface area contributed by atoms with E-state index < -0.39 is 0 Å². The van der Waals surface area contributed by atoms with Gasteiger partial charge in [0.2, 0.25) is 0 Å². The highest BCUT2D eigenvalue weighted by Gasteiger charge is 2.30. The van der Waals surface area contributed by atoms with Gasteiger partial charge in [-0.15, -0.1) is 0 Å². The first kappa shape index (κ1) is 7.53. The Morgan fingerprint density at radius 1 is 1.36 bits per heavy atom. The molecule has 11 heavy (non-hydrogen) atoms. The van der Waals surface area contributed by atoms with Crippen molar-refractivity contribution < 1.29 is 4.74 Å². The Balaban J connectivity index is 1.85. The number of ether oxygens (including phenoxy) is 1. The summed E-state index contributed by atoms with van der Waals surface area (Å²) in [5.74, 6) is 0. The van der Waals surface area contributed by atoms with Gasteiger partial charge in [-0.1, -0.05) is 0 Å². The van der Waals surface area contributed by atoms with Crippen LogP contribution in [0.4, 0.5) is 0 Å². The highest BCUT2D eigenvalue weighted by atomic mass is 16.5. The molecule has 0 aromatic carbocycles. The maximum atomic E-state index is 5.67. The summed E-state index contributed by atoms with van der Waals surface area (Å²) < 4.78 is 5.67. The summed E-state index contributed by atoms with van der Waals surface area (Å²) in [6.07, 6.45) is 3.21. The van der Waals surface area contributed by atoms with Crippen molar-refractivity contribution in [2.75, 3.05) is 13.1 Å². The summed E-state index contributed by atoms with van der Waals surface area (Å²) in [7, 11) is 0. The zero-order valence-electron chi connectivity index (χ0n) is 6.97. The van der Waals surface area contributed by atoms with Gasteiger partial charge >= 0.3 is 0 Å². The van der Waals surface area contributed by atoms with Crippen molar-refractivity contribution in [3.8, 4) is 0 Å². The molecule has 0 saturated carbocycles. The zero-order valence-corrected chi connectivity index (χ0v) is 6.97. The molecule has 3 unspecified atom stereocenters. The molecule has 64 valence electrons. The molecule has 0 aromatic rings. The number of rotatable bonds is 1. The third-order valence-electron chi connectivity index (χ3n) is 2.45. The van der Waals surface area contributed by atoms with Gasteiger partial charge in [0.05, 0.1) is 6.10 Å². The molecule has 3 atom stereocenters. The molecular weight excluding hydrogens is 140 g/mol. The Bertz CT molecular complexity index is 134. The Kier molecular flexibility index (Phi) is 2.11. The van der Waals surface area contributed by atoms with Crippen LogP contribution < -0.4 is 10.6 Å². The predicted molar refractivity (Wildman–Crippen MR) is 43.4 cm³/mol. The van der Waals surface area contributed by atoms with Crippen LogP contribution in [0.25, 0.3) is 0 Å². The minimum Gasteiger partial charge on any atom is -0.357 e. The summed E-state index contributed by atoms with van der Waals surface area (Å²) in [6.45, 7) is 4.27. The molecule has 2 heterocycles. The Hall–Kier alpha value is -0.120. The van der Waals surface area contributed by atoms with Crippen LogP contribution in [0.3, 0.4) is 0 Å². The summed E-state index contributed by atoms with van der Waals surface area (Å²) in [4.78, 5) is 0. The van der Waals surface area contributed by atoms with Gasteiger partial charge in [0.15, 0.2) is 0 Å². The quantitative estimate of drug-likeness (QED) is 0.564. The monoisotopic (exact) mass is 156 g/mol. The van der Waals surface area contributed by atoms with Crippen LogP contribution in [0, 0.1) is 0 Å². The third kappa shape index (κ3) is 1.55. The van der Waals surface area contributed by atoms with Gasteiger partial charge in [0.1, 0.15) is 6.23 Å². The van der Waals surface area contributed by atoms with Gasteiger partial charge in [-0.2, -0.15) is 0 Å². The van der Waals surface area contributed by atoms with Gasteiger partial charge in [0.25, 0.3) is 0 Å². The van der Waals surface area contributed by atoms with Crippen molar-refractivity contribution in [3.63, 3.8) is 0 Å². The van der Waals surface area contributed by atoms with Crippen LogP contribution in [0.15, 0.2) is 0 Å². The lowest BCUT2D eigenvalue weighted by molar-refractivity contribution is 0.0307. The normalized spacial score (nSPS) is 45.0. The molecule has 2 aliphatic rings. The fourth-order valence-electron chi connectivity index (χ4n) is 1.84. The molecule has 2 rings (SSSR count). The van der Waals surface area contributed by atoms with Crippen molar-refractivity contribution >= 4 is 0 Å². The second-order valence-electron chi connectivity index (χ2n) is 3.48. The molecule has 2 fully saturated rings. The van der Waals surface area contributed by atoms with E-state index in [1.165, 1.54) is 12.8 Å². The fraction of sp³-hybridized carbons (Fsp3) is 1.00. The van der Waals surface area contributed by atoms with E-state index in [-0.39, 0.29) is 6.23 Å². The number of hydrogen-bond donors (Lipinski definition) is 2. The third-order valence-corrected chi connectivity index (χ3v) is 2.45. The molecule has 0 aliphatic carbocycles. The lowest BCUT2D eigenvalue weighted by Crippen LogP contribution is -2.41. The molecule has 2 N–H and O–H groups in total. The standard InChI is InChI=1S/C8H16N2O/c1-6-5-10-8(11-6)7-3-2-4-9-7/h6-10H,2-5H2,1H3. The van der Waals surface area contributed by atoms with Crippen LogP contribution in [0.2, 0.25) is 0 Å². The summed E-state index contributed by atoms with van der Waals surface area (Å²) in [5.41, 5.74) is 0. The maximum Gasteiger partial charge on any atom is 0.124 e. The zero-order chi connectivity index (χ0) is 7.68. The van der Waals surface area contributed by atoms with Gasteiger partial charge in [-0.05, 0) is 26.3 Å². The van der Waals surface area contributed by atoms with Crippen LogP contribution >= 0.6 is 0 Å². The molecule has 2 aliphatic heterocycles. The Labute approximate surface area is 67.5 Å². The molecule has 0 amide bonds. The topological polar surface area (TPSA) is 33.3 Å².